The van der Waals surface area contributed by atoms with Crippen molar-refractivity contribution in [3.05, 3.63) is 55.2 Å². The van der Waals surface area contributed by atoms with Gasteiger partial charge in [-0.1, -0.05) is 0 Å². The van der Waals surface area contributed by atoms with E-state index in [9.17, 15) is 19.2 Å². The molecule has 0 spiro atoms. The van der Waals surface area contributed by atoms with Crippen LogP contribution < -0.4 is 16.9 Å². The van der Waals surface area contributed by atoms with Crippen LogP contribution in [0, 0.1) is 0 Å². The smallest absolute Gasteiger partial charge is 0.362 e. The molecule has 0 fully saturated rings. The topological polar surface area (TPSA) is 121 Å². The van der Waals surface area contributed by atoms with Crippen molar-refractivity contribution in [1.82, 2.24) is 23.5 Å². The van der Waals surface area contributed by atoms with E-state index in [0.29, 0.717) is 15.6 Å². The molecule has 124 valence electrons. The van der Waals surface area contributed by atoms with E-state index >= 15 is 0 Å². The number of nitrogens with zero attached hydrogens (tertiary/aromatic N) is 5. The number of carbonyl (C=O) groups is 1. The highest BCUT2D eigenvalue weighted by atomic mass is 16.4. The lowest BCUT2D eigenvalue weighted by molar-refractivity contribution is 0.0684. The molecule has 0 aliphatic heterocycles. The number of aryl methyl sites for hydroxylation is 2. The zero-order chi connectivity index (χ0) is 17.8. The van der Waals surface area contributed by atoms with E-state index in [4.69, 9.17) is 5.11 Å². The minimum atomic E-state index is -1.53. The number of hydrogen-bond donors (Lipinski definition) is 1. The number of hydrogen-bond acceptors (Lipinski definition) is 5. The Labute approximate surface area is 133 Å². The molecular weight excluding hydrogens is 318 g/mol. The molecule has 10 heteroatoms. The number of aromatic nitrogens is 5. The summed E-state index contributed by atoms with van der Waals surface area (Å²) in [5, 5.41) is 12.7. The van der Waals surface area contributed by atoms with Gasteiger partial charge in [-0.25, -0.2) is 14.4 Å². The van der Waals surface area contributed by atoms with Gasteiger partial charge in [-0.2, -0.15) is 9.78 Å². The Kier molecular flexibility index (Phi) is 3.25. The molecule has 2 heterocycles. The summed E-state index contributed by atoms with van der Waals surface area (Å²) < 4.78 is 4.33. The first-order valence-corrected chi connectivity index (χ1v) is 6.83. The summed E-state index contributed by atoms with van der Waals surface area (Å²) in [5.74, 6) is -1.53. The van der Waals surface area contributed by atoms with Crippen LogP contribution >= 0.6 is 0 Å². The number of fused-ring (bicyclic) bond motifs is 1. The normalized spacial score (nSPS) is 11.1. The first-order valence-electron chi connectivity index (χ1n) is 6.83. The van der Waals surface area contributed by atoms with Crippen LogP contribution in [0.1, 0.15) is 10.5 Å². The van der Waals surface area contributed by atoms with Crippen LogP contribution in [0.3, 0.4) is 0 Å². The SMILES string of the molecule is Cn1c(=O)c(C(=O)O)nn(-c2ccc3c(c2)n(C)c(=O)n3C)c1=O. The molecule has 0 aliphatic carbocycles. The number of carboxylic acids is 1. The van der Waals surface area contributed by atoms with Crippen LogP contribution in [0.25, 0.3) is 16.7 Å². The van der Waals surface area contributed by atoms with Crippen LogP contribution in [0.2, 0.25) is 0 Å². The van der Waals surface area contributed by atoms with Gasteiger partial charge in [0.05, 0.1) is 16.7 Å². The molecule has 0 saturated carbocycles. The van der Waals surface area contributed by atoms with Gasteiger partial charge in [-0.15, -0.1) is 0 Å². The second-order valence-electron chi connectivity index (χ2n) is 5.29. The fourth-order valence-electron chi connectivity index (χ4n) is 2.50. The second kappa shape index (κ2) is 5.05. The minimum absolute atomic E-state index is 0.242. The molecule has 1 aromatic carbocycles. The maximum atomic E-state index is 12.3. The zero-order valence-electron chi connectivity index (χ0n) is 13.0. The van der Waals surface area contributed by atoms with Gasteiger partial charge in [0.2, 0.25) is 5.69 Å². The number of carboxylic acid groups (broad SMARTS) is 1. The Balaban J connectivity index is 2.38. The number of rotatable bonds is 2. The van der Waals surface area contributed by atoms with Gasteiger partial charge < -0.3 is 5.11 Å². The van der Waals surface area contributed by atoms with E-state index in [1.807, 2.05) is 0 Å². The molecule has 0 saturated heterocycles. The summed E-state index contributed by atoms with van der Waals surface area (Å²) in [6, 6.07) is 4.67. The van der Waals surface area contributed by atoms with Gasteiger partial charge in [-0.3, -0.25) is 18.5 Å². The Hall–Kier alpha value is -3.43. The lowest BCUT2D eigenvalue weighted by Gasteiger charge is -2.08. The van der Waals surface area contributed by atoms with Crippen molar-refractivity contribution in [2.75, 3.05) is 0 Å². The molecule has 24 heavy (non-hydrogen) atoms. The number of benzene rings is 1. The Morgan fingerprint density at radius 3 is 2.21 bits per heavy atom. The highest BCUT2D eigenvalue weighted by Gasteiger charge is 2.18. The fourth-order valence-corrected chi connectivity index (χ4v) is 2.50. The molecule has 2 aromatic heterocycles. The molecule has 3 rings (SSSR count). The van der Waals surface area contributed by atoms with Crippen LogP contribution in [-0.2, 0) is 21.1 Å². The van der Waals surface area contributed by atoms with Gasteiger partial charge in [0.15, 0.2) is 0 Å². The van der Waals surface area contributed by atoms with Gasteiger partial charge in [0.1, 0.15) is 0 Å². The van der Waals surface area contributed by atoms with Gasteiger partial charge in [0, 0.05) is 21.1 Å². The van der Waals surface area contributed by atoms with Crippen molar-refractivity contribution in [1.29, 1.82) is 0 Å². The van der Waals surface area contributed by atoms with E-state index in [2.05, 4.69) is 5.10 Å². The van der Waals surface area contributed by atoms with Crippen LogP contribution in [0.5, 0.6) is 0 Å². The molecule has 0 atom stereocenters. The van der Waals surface area contributed by atoms with Crippen molar-refractivity contribution < 1.29 is 9.90 Å². The van der Waals surface area contributed by atoms with E-state index in [0.717, 1.165) is 4.68 Å². The van der Waals surface area contributed by atoms with Crippen molar-refractivity contribution in [2.24, 2.45) is 21.1 Å². The summed E-state index contributed by atoms with van der Waals surface area (Å²) in [6.07, 6.45) is 0. The second-order valence-corrected chi connectivity index (χ2v) is 5.29. The molecule has 3 aromatic rings. The van der Waals surface area contributed by atoms with E-state index < -0.39 is 22.9 Å². The Morgan fingerprint density at radius 1 is 0.958 bits per heavy atom. The maximum Gasteiger partial charge on any atom is 0.362 e. The predicted molar refractivity (Wildman–Crippen MR) is 83.8 cm³/mol. The summed E-state index contributed by atoms with van der Waals surface area (Å²) in [6.45, 7) is 0. The molecule has 10 nitrogen and oxygen atoms in total. The third kappa shape index (κ3) is 2.00. The van der Waals surface area contributed by atoms with Crippen molar-refractivity contribution in [3.63, 3.8) is 0 Å². The van der Waals surface area contributed by atoms with Gasteiger partial charge >= 0.3 is 17.3 Å². The summed E-state index contributed by atoms with van der Waals surface area (Å²) in [7, 11) is 4.36. The van der Waals surface area contributed by atoms with Crippen molar-refractivity contribution in [2.45, 2.75) is 0 Å². The summed E-state index contributed by atoms with van der Waals surface area (Å²) in [4.78, 5) is 47.1. The predicted octanol–water partition coefficient (Wildman–Crippen LogP) is -1.18. The van der Waals surface area contributed by atoms with Gasteiger partial charge in [-0.05, 0) is 18.2 Å². The maximum absolute atomic E-state index is 12.3. The van der Waals surface area contributed by atoms with Crippen molar-refractivity contribution in [3.8, 4) is 5.69 Å². The molecule has 0 amide bonds. The summed E-state index contributed by atoms with van der Waals surface area (Å²) in [5.41, 5.74) is -1.36. The Bertz CT molecular complexity index is 1180. The lowest BCUT2D eigenvalue weighted by atomic mass is 10.2. The summed E-state index contributed by atoms with van der Waals surface area (Å²) >= 11 is 0. The average molecular weight is 331 g/mol. The standard InChI is InChI=1S/C14H13N5O5/c1-16-8-5-4-7(6-9(8)17(2)13(16)23)19-14(24)18(3)11(20)10(15-19)12(21)22/h4-6H,1-3H3,(H,21,22). The third-order valence-electron chi connectivity index (χ3n) is 3.88. The minimum Gasteiger partial charge on any atom is -0.476 e. The Morgan fingerprint density at radius 2 is 1.58 bits per heavy atom. The first-order chi connectivity index (χ1) is 11.2. The van der Waals surface area contributed by atoms with Crippen LogP contribution in [0.4, 0.5) is 0 Å². The highest BCUT2D eigenvalue weighted by Crippen LogP contribution is 2.15. The fraction of sp³-hybridized carbons (Fsp3) is 0.214. The zero-order valence-corrected chi connectivity index (χ0v) is 13.0. The van der Waals surface area contributed by atoms with Crippen LogP contribution in [-0.4, -0.2) is 34.6 Å². The average Bonchev–Trinajstić information content (AvgIpc) is 2.77. The quantitative estimate of drug-likeness (QED) is 0.631. The third-order valence-corrected chi connectivity index (χ3v) is 3.88. The molecule has 0 bridgehead atoms. The molecule has 0 radical (unpaired) electrons. The highest BCUT2D eigenvalue weighted by molar-refractivity contribution is 5.84. The molecular formula is C14H13N5O5. The van der Waals surface area contributed by atoms with E-state index in [1.165, 1.54) is 28.3 Å². The van der Waals surface area contributed by atoms with Gasteiger partial charge in [0.25, 0.3) is 5.56 Å². The number of aromatic carboxylic acids is 1. The van der Waals surface area contributed by atoms with Crippen molar-refractivity contribution >= 4 is 17.0 Å². The molecule has 0 unspecified atom stereocenters. The lowest BCUT2D eigenvalue weighted by Crippen LogP contribution is -2.42. The van der Waals surface area contributed by atoms with E-state index in [-0.39, 0.29) is 11.4 Å². The largest absolute Gasteiger partial charge is 0.476 e. The molecule has 1 N–H and O–H groups in total. The first kappa shape index (κ1) is 15.5. The number of imidazole rings is 1. The molecule has 0 aliphatic rings. The monoisotopic (exact) mass is 331 g/mol. The van der Waals surface area contributed by atoms with E-state index in [1.54, 1.807) is 20.2 Å². The van der Waals surface area contributed by atoms with Crippen LogP contribution in [0.15, 0.2) is 32.6 Å².